The summed E-state index contributed by atoms with van der Waals surface area (Å²) in [5.74, 6) is -0.544. The molecule has 0 saturated heterocycles. The second-order valence-corrected chi connectivity index (χ2v) is 18.0. The van der Waals surface area contributed by atoms with Crippen LogP contribution in [0.4, 0.5) is 0 Å². The molecule has 0 aromatic heterocycles. The van der Waals surface area contributed by atoms with E-state index < -0.39 is 18.2 Å². The minimum atomic E-state index is -0.807. The summed E-state index contributed by atoms with van der Waals surface area (Å²) in [6.45, 7) is 6.32. The molecular formula is C56H101NO5. The zero-order valence-corrected chi connectivity index (χ0v) is 41.0. The molecule has 0 aliphatic rings. The highest BCUT2D eigenvalue weighted by Crippen LogP contribution is 2.17. The van der Waals surface area contributed by atoms with Gasteiger partial charge in [0.1, 0.15) is 6.10 Å². The molecule has 3 unspecified atom stereocenters. The third-order valence-corrected chi connectivity index (χ3v) is 11.9. The van der Waals surface area contributed by atoms with Crippen LogP contribution in [0.5, 0.6) is 0 Å². The van der Waals surface area contributed by atoms with Gasteiger partial charge in [-0.1, -0.05) is 242 Å². The molecule has 6 heteroatoms. The molecule has 0 aromatic rings. The summed E-state index contributed by atoms with van der Waals surface area (Å²) in [7, 11) is 0. The number of carbonyl (C=O) groups excluding carboxylic acids is 2. The summed E-state index contributed by atoms with van der Waals surface area (Å²) in [5.41, 5.74) is 0. The first kappa shape index (κ1) is 59.6. The topological polar surface area (TPSA) is 95.9 Å². The van der Waals surface area contributed by atoms with E-state index in [0.717, 1.165) is 57.8 Å². The molecule has 0 fully saturated rings. The number of nitrogens with one attached hydrogen (secondary N) is 1. The number of unbranched alkanes of at least 4 members (excludes halogenated alkanes) is 28. The minimum Gasteiger partial charge on any atom is -0.462 e. The van der Waals surface area contributed by atoms with Crippen LogP contribution < -0.4 is 5.32 Å². The summed E-state index contributed by atoms with van der Waals surface area (Å²) < 4.78 is 5.89. The second-order valence-electron chi connectivity index (χ2n) is 18.0. The van der Waals surface area contributed by atoms with Crippen LogP contribution in [0.25, 0.3) is 0 Å². The lowest BCUT2D eigenvalue weighted by Crippen LogP contribution is -2.46. The van der Waals surface area contributed by atoms with Gasteiger partial charge in [-0.15, -0.1) is 0 Å². The molecule has 0 heterocycles. The van der Waals surface area contributed by atoms with Crippen molar-refractivity contribution < 1.29 is 24.5 Å². The van der Waals surface area contributed by atoms with Crippen LogP contribution in [0.15, 0.2) is 60.8 Å². The van der Waals surface area contributed by atoms with E-state index in [1.807, 2.05) is 36.5 Å². The van der Waals surface area contributed by atoms with E-state index in [4.69, 9.17) is 4.74 Å². The highest BCUT2D eigenvalue weighted by atomic mass is 16.5. The van der Waals surface area contributed by atoms with Gasteiger partial charge in [-0.05, 0) is 64.2 Å². The van der Waals surface area contributed by atoms with E-state index in [1.165, 1.54) is 154 Å². The largest absolute Gasteiger partial charge is 0.462 e. The Labute approximate surface area is 384 Å². The number of hydrogen-bond donors (Lipinski definition) is 3. The van der Waals surface area contributed by atoms with Crippen molar-refractivity contribution in [3.63, 3.8) is 0 Å². The smallest absolute Gasteiger partial charge is 0.306 e. The summed E-state index contributed by atoms with van der Waals surface area (Å²) in [6.07, 6.45) is 61.5. The zero-order chi connectivity index (χ0) is 45.2. The third kappa shape index (κ3) is 44.2. The maximum absolute atomic E-state index is 13.2. The molecule has 0 radical (unpaired) electrons. The fourth-order valence-corrected chi connectivity index (χ4v) is 7.91. The van der Waals surface area contributed by atoms with E-state index in [-0.39, 0.29) is 24.9 Å². The lowest BCUT2D eigenvalue weighted by molar-refractivity contribution is -0.151. The normalized spacial score (nSPS) is 13.7. The van der Waals surface area contributed by atoms with E-state index in [1.54, 1.807) is 0 Å². The molecule has 0 rings (SSSR count). The lowest BCUT2D eigenvalue weighted by Gasteiger charge is -2.24. The fraction of sp³-hybridized carbons (Fsp3) is 0.786. The van der Waals surface area contributed by atoms with Crippen LogP contribution in [-0.2, 0) is 14.3 Å². The van der Waals surface area contributed by atoms with Crippen LogP contribution in [0.2, 0.25) is 0 Å². The van der Waals surface area contributed by atoms with Gasteiger partial charge in [0.2, 0.25) is 5.91 Å². The van der Waals surface area contributed by atoms with Crippen LogP contribution in [0.1, 0.15) is 258 Å². The molecule has 3 N–H and O–H groups in total. The first-order chi connectivity index (χ1) is 30.5. The molecule has 0 aliphatic carbocycles. The Balaban J connectivity index is 4.53. The Morgan fingerprint density at radius 2 is 0.903 bits per heavy atom. The Morgan fingerprint density at radius 3 is 1.40 bits per heavy atom. The molecule has 6 nitrogen and oxygen atoms in total. The predicted molar refractivity (Wildman–Crippen MR) is 268 cm³/mol. The van der Waals surface area contributed by atoms with E-state index in [9.17, 15) is 19.8 Å². The first-order valence-corrected chi connectivity index (χ1v) is 26.6. The monoisotopic (exact) mass is 868 g/mol. The predicted octanol–water partition coefficient (Wildman–Crippen LogP) is 16.0. The lowest BCUT2D eigenvalue weighted by atomic mass is 10.0. The Bertz CT molecular complexity index is 1110. The van der Waals surface area contributed by atoms with Crippen LogP contribution in [-0.4, -0.2) is 46.9 Å². The number of esters is 1. The molecule has 1 amide bonds. The number of allylic oxidation sites excluding steroid dienone is 10. The molecule has 360 valence electrons. The molecule has 0 bridgehead atoms. The maximum atomic E-state index is 13.2. The summed E-state index contributed by atoms with van der Waals surface area (Å²) in [4.78, 5) is 26.1. The van der Waals surface area contributed by atoms with Gasteiger partial charge in [0.25, 0.3) is 0 Å². The van der Waals surface area contributed by atoms with Crippen molar-refractivity contribution in [2.24, 2.45) is 0 Å². The van der Waals surface area contributed by atoms with Crippen molar-refractivity contribution in [2.75, 3.05) is 6.61 Å². The summed E-state index contributed by atoms with van der Waals surface area (Å²) >= 11 is 0. The van der Waals surface area contributed by atoms with Gasteiger partial charge in [-0.2, -0.15) is 0 Å². The maximum Gasteiger partial charge on any atom is 0.306 e. The van der Waals surface area contributed by atoms with Gasteiger partial charge in [-0.25, -0.2) is 0 Å². The number of aliphatic hydroxyl groups is 2. The molecule has 62 heavy (non-hydrogen) atoms. The van der Waals surface area contributed by atoms with Crippen molar-refractivity contribution in [1.82, 2.24) is 5.32 Å². The Kier molecular flexibility index (Phi) is 47.6. The van der Waals surface area contributed by atoms with Crippen LogP contribution in [0, 0.1) is 0 Å². The van der Waals surface area contributed by atoms with Crippen LogP contribution in [0.3, 0.4) is 0 Å². The molecule has 0 aliphatic heterocycles. The van der Waals surface area contributed by atoms with Crippen molar-refractivity contribution in [1.29, 1.82) is 0 Å². The average Bonchev–Trinajstić information content (AvgIpc) is 3.26. The Morgan fingerprint density at radius 1 is 0.484 bits per heavy atom. The number of hydrogen-bond acceptors (Lipinski definition) is 5. The number of carbonyl (C=O) groups is 2. The van der Waals surface area contributed by atoms with Gasteiger partial charge < -0.3 is 20.3 Å². The van der Waals surface area contributed by atoms with Gasteiger partial charge >= 0.3 is 5.97 Å². The minimum absolute atomic E-state index is 0.0296. The zero-order valence-electron chi connectivity index (χ0n) is 41.0. The summed E-state index contributed by atoms with van der Waals surface area (Å²) in [6, 6.07) is -0.724. The number of aliphatic hydroxyl groups excluding tert-OH is 2. The van der Waals surface area contributed by atoms with Gasteiger partial charge in [0, 0.05) is 6.42 Å². The van der Waals surface area contributed by atoms with Crippen LogP contribution >= 0.6 is 0 Å². The number of ether oxygens (including phenoxy) is 1. The SMILES string of the molecule is CC/C=C/C=C/C=C\C=C/CCCC(CC(=O)NC(CO)C(O)CCCCCCCCCCCCCCCCCCC)OC(=O)CCCCCCCCC/C=C\CCCCCC. The first-order valence-electron chi connectivity index (χ1n) is 26.6. The third-order valence-electron chi connectivity index (χ3n) is 11.9. The van der Waals surface area contributed by atoms with Crippen molar-refractivity contribution in [3.8, 4) is 0 Å². The summed E-state index contributed by atoms with van der Waals surface area (Å²) in [5, 5.41) is 23.8. The second kappa shape index (κ2) is 49.6. The number of amides is 1. The molecular weight excluding hydrogens is 767 g/mol. The fourth-order valence-electron chi connectivity index (χ4n) is 7.91. The van der Waals surface area contributed by atoms with Crippen molar-refractivity contribution in [2.45, 2.75) is 277 Å². The number of rotatable bonds is 47. The molecule has 3 atom stereocenters. The average molecular weight is 868 g/mol. The van der Waals surface area contributed by atoms with E-state index >= 15 is 0 Å². The Hall–Kier alpha value is -2.44. The highest BCUT2D eigenvalue weighted by Gasteiger charge is 2.24. The standard InChI is InChI=1S/C56H101NO5/c1-4-7-10-13-16-19-22-24-26-27-29-30-33-36-39-42-45-48-54(59)53(51-58)57-55(60)50-52(47-44-41-38-35-32-21-18-15-12-9-6-3)62-56(61)49-46-43-40-37-34-31-28-25-23-20-17-14-11-8-5-2/h9,12,15,18,20-21,23,32,35,38,52-54,58-59H,4-8,10-11,13-14,16-17,19,22,24-31,33-34,36-37,39-51H2,1-3H3,(H,57,60)/b12-9+,18-15+,23-20-,32-21-,38-35-. The quantitative estimate of drug-likeness (QED) is 0.0245. The highest BCUT2D eigenvalue weighted by molar-refractivity contribution is 5.77. The van der Waals surface area contributed by atoms with E-state index in [2.05, 4.69) is 50.4 Å². The molecule has 0 spiro atoms. The molecule has 0 aromatic carbocycles. The van der Waals surface area contributed by atoms with Crippen molar-refractivity contribution in [3.05, 3.63) is 60.8 Å². The van der Waals surface area contributed by atoms with E-state index in [0.29, 0.717) is 19.3 Å². The van der Waals surface area contributed by atoms with Gasteiger partial charge in [-0.3, -0.25) is 9.59 Å². The van der Waals surface area contributed by atoms with Crippen molar-refractivity contribution >= 4 is 11.9 Å². The molecule has 0 saturated carbocycles. The van der Waals surface area contributed by atoms with Gasteiger partial charge in [0.05, 0.1) is 25.2 Å². The van der Waals surface area contributed by atoms with Gasteiger partial charge in [0.15, 0.2) is 0 Å².